The molecule has 5 rings (SSSR count). The molecule has 0 aliphatic carbocycles. The van der Waals surface area contributed by atoms with Crippen LogP contribution in [0.25, 0.3) is 15.9 Å². The number of hydrogen-bond acceptors (Lipinski definition) is 4. The summed E-state index contributed by atoms with van der Waals surface area (Å²) in [5, 5.41) is 6.88. The summed E-state index contributed by atoms with van der Waals surface area (Å²) < 4.78 is 2.80. The third kappa shape index (κ3) is 3.71. The van der Waals surface area contributed by atoms with Crippen molar-refractivity contribution >= 4 is 50.7 Å². The molecule has 0 N–H and O–H groups in total. The summed E-state index contributed by atoms with van der Waals surface area (Å²) in [7, 11) is 0. The maximum absolute atomic E-state index is 12.9. The molecule has 8 heteroatoms. The summed E-state index contributed by atoms with van der Waals surface area (Å²) in [6.45, 7) is 1.39. The largest absolute Gasteiger partial charge is 0.337 e. The molecular formula is C22H18Cl2N4OS. The predicted octanol–water partition coefficient (Wildman–Crippen LogP) is 5.81. The fraction of sp³-hybridized carbons (Fsp3) is 0.227. The smallest absolute Gasteiger partial charge is 0.274 e. The van der Waals surface area contributed by atoms with Crippen molar-refractivity contribution in [1.29, 1.82) is 0 Å². The van der Waals surface area contributed by atoms with E-state index in [1.165, 1.54) is 0 Å². The molecule has 2 aromatic carbocycles. The Kier molecular flexibility index (Phi) is 5.23. The van der Waals surface area contributed by atoms with Gasteiger partial charge in [0.25, 0.3) is 5.91 Å². The van der Waals surface area contributed by atoms with Crippen molar-refractivity contribution in [3.63, 3.8) is 0 Å². The number of nitrogens with zero attached hydrogens (tertiary/aromatic N) is 4. The van der Waals surface area contributed by atoms with E-state index < -0.39 is 0 Å². The summed E-state index contributed by atoms with van der Waals surface area (Å²) >= 11 is 14.0. The van der Waals surface area contributed by atoms with Gasteiger partial charge in [-0.1, -0.05) is 35.3 Å². The first-order valence-electron chi connectivity index (χ1n) is 9.74. The van der Waals surface area contributed by atoms with Gasteiger partial charge < -0.3 is 4.90 Å². The van der Waals surface area contributed by atoms with E-state index in [1.54, 1.807) is 34.3 Å². The second kappa shape index (κ2) is 8.02. The summed E-state index contributed by atoms with van der Waals surface area (Å²) in [4.78, 5) is 19.6. The zero-order valence-electron chi connectivity index (χ0n) is 16.0. The number of carbonyl (C=O) groups excluding carboxylic acids is 1. The first-order valence-corrected chi connectivity index (χ1v) is 11.3. The summed E-state index contributed by atoms with van der Waals surface area (Å²) in [5.41, 5.74) is 2.14. The van der Waals surface area contributed by atoms with Crippen LogP contribution in [0.2, 0.25) is 10.0 Å². The van der Waals surface area contributed by atoms with Crippen LogP contribution < -0.4 is 0 Å². The fourth-order valence-electron chi connectivity index (χ4n) is 3.79. The van der Waals surface area contributed by atoms with Gasteiger partial charge in [-0.2, -0.15) is 5.10 Å². The van der Waals surface area contributed by atoms with E-state index >= 15 is 0 Å². The third-order valence-corrected chi connectivity index (χ3v) is 7.16. The molecule has 0 radical (unpaired) electrons. The van der Waals surface area contributed by atoms with Crippen LogP contribution in [0.15, 0.2) is 54.7 Å². The number of hydrogen-bond donors (Lipinski definition) is 0. The Hall–Kier alpha value is -2.41. The van der Waals surface area contributed by atoms with Crippen molar-refractivity contribution in [3.8, 4) is 5.69 Å². The zero-order chi connectivity index (χ0) is 20.7. The van der Waals surface area contributed by atoms with Gasteiger partial charge in [-0.05, 0) is 49.2 Å². The van der Waals surface area contributed by atoms with E-state index in [-0.39, 0.29) is 5.91 Å². The molecule has 0 spiro atoms. The lowest BCUT2D eigenvalue weighted by atomic mass is 9.97. The molecular weight excluding hydrogens is 439 g/mol. The molecule has 30 heavy (non-hydrogen) atoms. The van der Waals surface area contributed by atoms with Gasteiger partial charge in [0.1, 0.15) is 0 Å². The third-order valence-electron chi connectivity index (χ3n) is 5.41. The van der Waals surface area contributed by atoms with Gasteiger partial charge in [0, 0.05) is 30.2 Å². The Balaban J connectivity index is 1.27. The second-order valence-electron chi connectivity index (χ2n) is 7.33. The summed E-state index contributed by atoms with van der Waals surface area (Å²) in [5.74, 6) is 0.321. The van der Waals surface area contributed by atoms with Gasteiger partial charge in [0.15, 0.2) is 5.69 Å². The van der Waals surface area contributed by atoms with Gasteiger partial charge in [0.05, 0.1) is 25.9 Å². The minimum atomic E-state index is -0.0460. The molecule has 1 amide bonds. The molecule has 5 nitrogen and oxygen atoms in total. The van der Waals surface area contributed by atoms with Crippen LogP contribution in [-0.4, -0.2) is 38.7 Å². The number of likely N-dealkylation sites (tertiary alicyclic amines) is 1. The second-order valence-corrected chi connectivity index (χ2v) is 9.23. The molecule has 1 aliphatic rings. The Morgan fingerprint density at radius 2 is 1.87 bits per heavy atom. The van der Waals surface area contributed by atoms with Crippen LogP contribution in [-0.2, 0) is 0 Å². The Bertz CT molecular complexity index is 1230. The van der Waals surface area contributed by atoms with Crippen LogP contribution >= 0.6 is 34.5 Å². The number of aromatic nitrogens is 3. The first kappa shape index (κ1) is 19.5. The van der Waals surface area contributed by atoms with E-state index in [0.717, 1.165) is 33.8 Å². The van der Waals surface area contributed by atoms with Crippen molar-refractivity contribution in [2.45, 2.75) is 18.8 Å². The number of piperidine rings is 1. The average molecular weight is 457 g/mol. The number of benzene rings is 2. The highest BCUT2D eigenvalue weighted by Gasteiger charge is 2.27. The Morgan fingerprint density at radius 1 is 1.07 bits per heavy atom. The minimum Gasteiger partial charge on any atom is -0.337 e. The standard InChI is InChI=1S/C22H18Cl2N4OS/c23-15-5-6-20-18(13-15)25-21(30-20)14-7-10-27(11-8-14)22(29)17-9-12-28(26-17)19-4-2-1-3-16(19)24/h1-6,9,12-14H,7-8,10-11H2. The maximum atomic E-state index is 12.9. The Labute approximate surface area is 187 Å². The van der Waals surface area contributed by atoms with Gasteiger partial charge >= 0.3 is 0 Å². The van der Waals surface area contributed by atoms with Gasteiger partial charge in [-0.3, -0.25) is 4.79 Å². The highest BCUT2D eigenvalue weighted by molar-refractivity contribution is 7.18. The van der Waals surface area contributed by atoms with Crippen LogP contribution in [0.5, 0.6) is 0 Å². The summed E-state index contributed by atoms with van der Waals surface area (Å²) in [6, 6.07) is 15.0. The normalized spacial score (nSPS) is 15.1. The quantitative estimate of drug-likeness (QED) is 0.390. The number of fused-ring (bicyclic) bond motifs is 1. The molecule has 152 valence electrons. The number of thiazole rings is 1. The number of halogens is 2. The lowest BCUT2D eigenvalue weighted by molar-refractivity contribution is 0.0706. The van der Waals surface area contributed by atoms with E-state index in [0.29, 0.717) is 34.7 Å². The van der Waals surface area contributed by atoms with Crippen LogP contribution in [0.4, 0.5) is 0 Å². The maximum Gasteiger partial charge on any atom is 0.274 e. The molecule has 3 heterocycles. The van der Waals surface area contributed by atoms with Crippen molar-refractivity contribution < 1.29 is 4.79 Å². The van der Waals surface area contributed by atoms with Crippen molar-refractivity contribution in [3.05, 3.63) is 75.5 Å². The van der Waals surface area contributed by atoms with Crippen LogP contribution in [0.3, 0.4) is 0 Å². The highest BCUT2D eigenvalue weighted by atomic mass is 35.5. The van der Waals surface area contributed by atoms with E-state index in [4.69, 9.17) is 28.2 Å². The topological polar surface area (TPSA) is 51.0 Å². The molecule has 1 aliphatic heterocycles. The SMILES string of the molecule is O=C(c1ccn(-c2ccccc2Cl)n1)N1CCC(c2nc3cc(Cl)ccc3s2)CC1. The minimum absolute atomic E-state index is 0.0460. The molecule has 0 bridgehead atoms. The highest BCUT2D eigenvalue weighted by Crippen LogP contribution is 2.35. The summed E-state index contributed by atoms with van der Waals surface area (Å²) in [6.07, 6.45) is 3.56. The molecule has 1 fully saturated rings. The number of amides is 1. The number of rotatable bonds is 3. The van der Waals surface area contributed by atoms with Crippen LogP contribution in [0, 0.1) is 0 Å². The first-order chi connectivity index (χ1) is 14.6. The Morgan fingerprint density at radius 3 is 2.67 bits per heavy atom. The van der Waals surface area contributed by atoms with Crippen LogP contribution in [0.1, 0.15) is 34.3 Å². The number of carbonyl (C=O) groups is 1. The molecule has 4 aromatic rings. The van der Waals surface area contributed by atoms with E-state index in [9.17, 15) is 4.79 Å². The van der Waals surface area contributed by atoms with Gasteiger partial charge in [-0.15, -0.1) is 11.3 Å². The van der Waals surface area contributed by atoms with Crippen molar-refractivity contribution in [1.82, 2.24) is 19.7 Å². The van der Waals surface area contributed by atoms with Gasteiger partial charge in [-0.25, -0.2) is 9.67 Å². The molecule has 0 unspecified atom stereocenters. The number of para-hydroxylation sites is 1. The predicted molar refractivity (Wildman–Crippen MR) is 121 cm³/mol. The average Bonchev–Trinajstić information content (AvgIpc) is 3.41. The van der Waals surface area contributed by atoms with E-state index in [2.05, 4.69) is 5.10 Å². The van der Waals surface area contributed by atoms with E-state index in [1.807, 2.05) is 41.3 Å². The zero-order valence-corrected chi connectivity index (χ0v) is 18.3. The lowest BCUT2D eigenvalue weighted by Crippen LogP contribution is -2.38. The molecule has 0 atom stereocenters. The molecule has 0 saturated carbocycles. The monoisotopic (exact) mass is 456 g/mol. The lowest BCUT2D eigenvalue weighted by Gasteiger charge is -2.30. The fourth-order valence-corrected chi connectivity index (χ4v) is 5.30. The van der Waals surface area contributed by atoms with Crippen molar-refractivity contribution in [2.75, 3.05) is 13.1 Å². The van der Waals surface area contributed by atoms with Crippen molar-refractivity contribution in [2.24, 2.45) is 0 Å². The molecule has 2 aromatic heterocycles. The molecule has 1 saturated heterocycles. The van der Waals surface area contributed by atoms with Gasteiger partial charge in [0.2, 0.25) is 0 Å².